The minimum absolute atomic E-state index is 1.32. The zero-order valence-corrected chi connectivity index (χ0v) is 12.8. The molecule has 4 heteroatoms. The average molecular weight is 289 g/mol. The Kier molecular flexibility index (Phi) is 3.74. The van der Waals surface area contributed by atoms with Crippen LogP contribution in [0.2, 0.25) is 19.6 Å². The van der Waals surface area contributed by atoms with Crippen LogP contribution in [0.15, 0.2) is 30.3 Å². The van der Waals surface area contributed by atoms with Gasteiger partial charge in [-0.3, -0.25) is 0 Å². The summed E-state index contributed by atoms with van der Waals surface area (Å²) in [6.07, 6.45) is 0. The maximum absolute atomic E-state index is 5.81. The van der Waals surface area contributed by atoms with Gasteiger partial charge in [-0.1, -0.05) is 65.3 Å². The van der Waals surface area contributed by atoms with Gasteiger partial charge >= 0.3 is 0 Å². The highest BCUT2D eigenvalue weighted by molar-refractivity contribution is 9.28. The summed E-state index contributed by atoms with van der Waals surface area (Å²) in [7, 11) is 0.507. The maximum atomic E-state index is 5.81. The van der Waals surface area contributed by atoms with Crippen LogP contribution in [0, 0.1) is 0 Å². The highest BCUT2D eigenvalue weighted by Crippen LogP contribution is 2.25. The molecule has 14 heavy (non-hydrogen) atoms. The van der Waals surface area contributed by atoms with Crippen molar-refractivity contribution in [3.05, 3.63) is 30.3 Å². The molecule has 0 spiro atoms. The molecular formula is C10H17BrOSi2. The molecule has 0 saturated heterocycles. The Morgan fingerprint density at radius 1 is 1.07 bits per heavy atom. The molecule has 0 radical (unpaired) electrons. The Bertz CT molecular complexity index is 297. The molecule has 1 nitrogen and oxygen atoms in total. The molecule has 0 saturated carbocycles. The zero-order valence-electron chi connectivity index (χ0n) is 9.17. The molecule has 0 heterocycles. The van der Waals surface area contributed by atoms with Crippen LogP contribution in [0.4, 0.5) is 0 Å². The van der Waals surface area contributed by atoms with Gasteiger partial charge in [0.15, 0.2) is 0 Å². The first-order valence-corrected chi connectivity index (χ1v) is 13.4. The molecule has 1 aromatic carbocycles. The number of benzene rings is 1. The van der Waals surface area contributed by atoms with Crippen LogP contribution in [-0.2, 0) is 4.43 Å². The lowest BCUT2D eigenvalue weighted by molar-refractivity contribution is 0.437. The summed E-state index contributed by atoms with van der Waals surface area (Å²) in [5.74, 6) is 0. The molecule has 0 aliphatic carbocycles. The second-order valence-corrected chi connectivity index (χ2v) is 23.3. The molecule has 0 aliphatic rings. The van der Waals surface area contributed by atoms with Crippen molar-refractivity contribution in [1.82, 2.24) is 0 Å². The Balaban J connectivity index is 3.15. The predicted octanol–water partition coefficient (Wildman–Crippen LogP) is 2.79. The van der Waals surface area contributed by atoms with E-state index in [9.17, 15) is 0 Å². The monoisotopic (exact) mass is 288 g/mol. The fraction of sp³-hybridized carbons (Fsp3) is 0.400. The van der Waals surface area contributed by atoms with Crippen LogP contribution in [0.3, 0.4) is 0 Å². The van der Waals surface area contributed by atoms with Gasteiger partial charge in [-0.25, -0.2) is 0 Å². The van der Waals surface area contributed by atoms with E-state index < -0.39 is 14.0 Å². The van der Waals surface area contributed by atoms with Gasteiger partial charge < -0.3 is 4.43 Å². The number of halogens is 1. The quantitative estimate of drug-likeness (QED) is 0.614. The Labute approximate surface area is 96.0 Å². The topological polar surface area (TPSA) is 9.23 Å². The summed E-state index contributed by atoms with van der Waals surface area (Å²) in [6.45, 7) is 5.21. The first kappa shape index (κ1) is 12.2. The lowest BCUT2D eigenvalue weighted by Crippen LogP contribution is -2.62. The number of rotatable bonds is 3. The minimum atomic E-state index is -1.85. The van der Waals surface area contributed by atoms with E-state index >= 15 is 0 Å². The fourth-order valence-electron chi connectivity index (χ4n) is 1.51. The highest BCUT2D eigenvalue weighted by Gasteiger charge is 2.46. The molecule has 1 unspecified atom stereocenters. The number of hydrogen-bond donors (Lipinski definition) is 0. The third kappa shape index (κ3) is 2.19. The van der Waals surface area contributed by atoms with Crippen molar-refractivity contribution in [2.24, 2.45) is 0 Å². The third-order valence-corrected chi connectivity index (χ3v) is 26.3. The van der Waals surface area contributed by atoms with Crippen molar-refractivity contribution in [1.29, 1.82) is 0 Å². The summed E-state index contributed by atoms with van der Waals surface area (Å²) < 4.78 is 5.81. The average Bonchev–Trinajstić information content (AvgIpc) is 2.16. The van der Waals surface area contributed by atoms with Crippen molar-refractivity contribution >= 4 is 34.5 Å². The largest absolute Gasteiger partial charge is 0.409 e. The molecule has 78 valence electrons. The van der Waals surface area contributed by atoms with E-state index in [0.29, 0.717) is 0 Å². The summed E-state index contributed by atoms with van der Waals surface area (Å²) in [5, 5.41) is 1.35. The van der Waals surface area contributed by atoms with Gasteiger partial charge in [0, 0.05) is 7.11 Å². The van der Waals surface area contributed by atoms with Crippen molar-refractivity contribution in [3.8, 4) is 0 Å². The third-order valence-electron chi connectivity index (χ3n) is 2.39. The van der Waals surface area contributed by atoms with Crippen LogP contribution < -0.4 is 5.19 Å². The second-order valence-electron chi connectivity index (χ2n) is 4.42. The Morgan fingerprint density at radius 3 is 1.93 bits per heavy atom. The van der Waals surface area contributed by atoms with E-state index in [1.807, 2.05) is 13.2 Å². The molecule has 0 N–H and O–H groups in total. The van der Waals surface area contributed by atoms with Crippen LogP contribution >= 0.6 is 15.3 Å². The van der Waals surface area contributed by atoms with Gasteiger partial charge in [0.2, 0.25) is 0 Å². The molecule has 0 aliphatic heterocycles. The van der Waals surface area contributed by atoms with E-state index in [4.69, 9.17) is 4.43 Å². The molecule has 1 rings (SSSR count). The van der Waals surface area contributed by atoms with Crippen molar-refractivity contribution in [2.75, 3.05) is 7.11 Å². The first-order chi connectivity index (χ1) is 6.42. The van der Waals surface area contributed by atoms with E-state index in [-0.39, 0.29) is 0 Å². The summed E-state index contributed by atoms with van der Waals surface area (Å²) in [5.41, 5.74) is 0. The lowest BCUT2D eigenvalue weighted by Gasteiger charge is -2.34. The summed E-state index contributed by atoms with van der Waals surface area (Å²) in [4.78, 5) is 0. The van der Waals surface area contributed by atoms with E-state index in [1.54, 1.807) is 0 Å². The Hall–Kier alpha value is 0.0938. The van der Waals surface area contributed by atoms with Crippen LogP contribution in [0.5, 0.6) is 0 Å². The van der Waals surface area contributed by atoms with Crippen molar-refractivity contribution in [2.45, 2.75) is 19.6 Å². The lowest BCUT2D eigenvalue weighted by atomic mass is 10.4. The fourth-order valence-corrected chi connectivity index (χ4v) is 9.57. The Morgan fingerprint density at radius 2 is 1.57 bits per heavy atom. The van der Waals surface area contributed by atoms with E-state index in [1.165, 1.54) is 5.19 Å². The van der Waals surface area contributed by atoms with Gasteiger partial charge in [-0.15, -0.1) is 0 Å². The molecular weight excluding hydrogens is 272 g/mol. The molecule has 0 aromatic heterocycles. The normalized spacial score (nSPS) is 16.4. The second kappa shape index (κ2) is 4.30. The number of hydrogen-bond acceptors (Lipinski definition) is 1. The van der Waals surface area contributed by atoms with Gasteiger partial charge in [0.1, 0.15) is 0 Å². The zero-order chi connectivity index (χ0) is 10.8. The van der Waals surface area contributed by atoms with Gasteiger partial charge in [0.25, 0.3) is 6.45 Å². The minimum Gasteiger partial charge on any atom is -0.409 e. The molecule has 1 atom stereocenters. The first-order valence-electron chi connectivity index (χ1n) is 4.71. The van der Waals surface area contributed by atoms with Gasteiger partial charge in [0.05, 0.1) is 7.59 Å². The standard InChI is InChI=1S/C10H17BrOSi2/c1-12-14(11,13(2,3)4)10-8-6-5-7-9-10/h5-9H,1-4H3. The van der Waals surface area contributed by atoms with E-state index in [0.717, 1.165) is 0 Å². The SMILES string of the molecule is CO[Si](Br)(c1ccccc1)[Si](C)(C)C. The van der Waals surface area contributed by atoms with E-state index in [2.05, 4.69) is 59.2 Å². The molecule has 0 fully saturated rings. The van der Waals surface area contributed by atoms with Crippen molar-refractivity contribution in [3.63, 3.8) is 0 Å². The van der Waals surface area contributed by atoms with Crippen molar-refractivity contribution < 1.29 is 4.43 Å². The van der Waals surface area contributed by atoms with Crippen LogP contribution in [0.25, 0.3) is 0 Å². The summed E-state index contributed by atoms with van der Waals surface area (Å²) in [6, 6.07) is 10.5. The molecule has 0 amide bonds. The highest BCUT2D eigenvalue weighted by atomic mass is 79.9. The maximum Gasteiger partial charge on any atom is 0.277 e. The van der Waals surface area contributed by atoms with Gasteiger partial charge in [-0.2, -0.15) is 0 Å². The van der Waals surface area contributed by atoms with Crippen LogP contribution in [-0.4, -0.2) is 21.2 Å². The molecule has 1 aromatic rings. The van der Waals surface area contributed by atoms with Gasteiger partial charge in [-0.05, 0) is 5.19 Å². The molecule has 0 bridgehead atoms. The predicted molar refractivity (Wildman–Crippen MR) is 71.1 cm³/mol. The summed E-state index contributed by atoms with van der Waals surface area (Å²) >= 11 is 3.89. The van der Waals surface area contributed by atoms with Crippen LogP contribution in [0.1, 0.15) is 0 Å². The smallest absolute Gasteiger partial charge is 0.277 e.